The zero-order valence-corrected chi connectivity index (χ0v) is 22.0. The molecule has 200 valence electrons. The maximum atomic E-state index is 14.7. The number of carbonyl (C=O) groups is 2. The van der Waals surface area contributed by atoms with Crippen molar-refractivity contribution in [2.75, 3.05) is 50.8 Å². The minimum absolute atomic E-state index is 0.0240. The number of rotatable bonds is 7. The van der Waals surface area contributed by atoms with Gasteiger partial charge in [0.1, 0.15) is 6.61 Å². The van der Waals surface area contributed by atoms with Crippen LogP contribution in [0, 0.1) is 0 Å². The zero-order valence-electron chi connectivity index (χ0n) is 22.0. The molecule has 10 heteroatoms. The summed E-state index contributed by atoms with van der Waals surface area (Å²) in [5.41, 5.74) is 0.572. The molecule has 0 spiro atoms. The van der Waals surface area contributed by atoms with Crippen LogP contribution in [0.4, 0.5) is 14.5 Å². The molecule has 1 N–H and O–H groups in total. The molecule has 0 unspecified atom stereocenters. The third-order valence-corrected chi connectivity index (χ3v) is 7.46. The van der Waals surface area contributed by atoms with Gasteiger partial charge in [0.2, 0.25) is 11.8 Å². The van der Waals surface area contributed by atoms with E-state index in [9.17, 15) is 18.4 Å². The topological polar surface area (TPSA) is 78.0 Å². The molecule has 0 aromatic carbocycles. The van der Waals surface area contributed by atoms with E-state index in [0.29, 0.717) is 50.5 Å². The fraction of sp³-hybridized carbons (Fsp3) is 0.731. The van der Waals surface area contributed by atoms with Gasteiger partial charge < -0.3 is 19.9 Å². The molecule has 3 aliphatic rings. The van der Waals surface area contributed by atoms with Crippen molar-refractivity contribution in [3.05, 3.63) is 23.5 Å². The third kappa shape index (κ3) is 5.55. The minimum atomic E-state index is -2.99. The van der Waals surface area contributed by atoms with Crippen molar-refractivity contribution < 1.29 is 23.1 Å². The summed E-state index contributed by atoms with van der Waals surface area (Å²) >= 11 is 0. The number of carbonyl (C=O) groups excluding carboxylic acids is 2. The van der Waals surface area contributed by atoms with Gasteiger partial charge in [-0.3, -0.25) is 19.5 Å². The van der Waals surface area contributed by atoms with Crippen molar-refractivity contribution >= 4 is 17.5 Å². The van der Waals surface area contributed by atoms with Gasteiger partial charge in [0.15, 0.2) is 0 Å². The van der Waals surface area contributed by atoms with E-state index >= 15 is 0 Å². The first kappa shape index (κ1) is 26.9. The number of alkyl halides is 2. The number of hydrogen-bond acceptors (Lipinski definition) is 6. The Balaban J connectivity index is 1.54. The highest BCUT2D eigenvalue weighted by Gasteiger charge is 2.43. The number of halogens is 2. The Hall–Kier alpha value is -2.17. The summed E-state index contributed by atoms with van der Waals surface area (Å²) in [5.74, 6) is -3.17. The lowest BCUT2D eigenvalue weighted by molar-refractivity contribution is -0.149. The second-order valence-electron chi connectivity index (χ2n) is 11.2. The fourth-order valence-corrected chi connectivity index (χ4v) is 5.48. The van der Waals surface area contributed by atoms with Crippen molar-refractivity contribution in [2.45, 2.75) is 77.0 Å². The van der Waals surface area contributed by atoms with E-state index < -0.39 is 11.3 Å². The summed E-state index contributed by atoms with van der Waals surface area (Å²) in [5, 5.41) is 3.46. The lowest BCUT2D eigenvalue weighted by Gasteiger charge is -2.42. The Bertz CT molecular complexity index is 988. The summed E-state index contributed by atoms with van der Waals surface area (Å²) < 4.78 is 34.8. The highest BCUT2D eigenvalue weighted by atomic mass is 19.3. The molecule has 2 saturated heterocycles. The summed E-state index contributed by atoms with van der Waals surface area (Å²) in [6.45, 7) is 12.7. The molecule has 2 amide bonds. The molecule has 2 fully saturated rings. The predicted molar refractivity (Wildman–Crippen MR) is 133 cm³/mol. The Kier molecular flexibility index (Phi) is 7.69. The van der Waals surface area contributed by atoms with Gasteiger partial charge in [-0.15, -0.1) is 0 Å². The molecule has 1 aromatic rings. The van der Waals surface area contributed by atoms with E-state index in [1.165, 1.54) is 12.3 Å². The quantitative estimate of drug-likeness (QED) is 0.611. The van der Waals surface area contributed by atoms with Crippen LogP contribution in [-0.2, 0) is 25.7 Å². The number of morpholine rings is 1. The van der Waals surface area contributed by atoms with Gasteiger partial charge in [-0.25, -0.2) is 8.78 Å². The highest BCUT2D eigenvalue weighted by Crippen LogP contribution is 2.42. The molecular weight excluding hydrogens is 468 g/mol. The monoisotopic (exact) mass is 507 g/mol. The predicted octanol–water partition coefficient (Wildman–Crippen LogP) is 2.51. The van der Waals surface area contributed by atoms with Gasteiger partial charge >= 0.3 is 0 Å². The molecule has 0 radical (unpaired) electrons. The maximum Gasteiger partial charge on any atom is 0.274 e. The van der Waals surface area contributed by atoms with E-state index in [-0.39, 0.29) is 55.1 Å². The van der Waals surface area contributed by atoms with Crippen LogP contribution in [0.1, 0.15) is 58.7 Å². The second-order valence-corrected chi connectivity index (χ2v) is 11.2. The van der Waals surface area contributed by atoms with E-state index in [1.807, 2.05) is 25.7 Å². The lowest BCUT2D eigenvalue weighted by Crippen LogP contribution is -2.62. The van der Waals surface area contributed by atoms with Crippen LogP contribution >= 0.6 is 0 Å². The molecule has 3 aliphatic heterocycles. The van der Waals surface area contributed by atoms with Crippen LogP contribution in [0.5, 0.6) is 0 Å². The molecular formula is C26H39F2N5O3. The SMILES string of the molecule is CCCC(F)(F)c1cnc2c(c1)N(C(=O)CN1C[C@@H](C)NC[C@@H]1CN1C[C@H](C)OCC1=O)CC2(C)C. The number of nitrogens with zero attached hydrogens (tertiary/aromatic N) is 4. The van der Waals surface area contributed by atoms with Gasteiger partial charge in [0, 0.05) is 68.4 Å². The number of fused-ring (bicyclic) bond motifs is 1. The van der Waals surface area contributed by atoms with Crippen molar-refractivity contribution in [3.63, 3.8) is 0 Å². The molecule has 4 rings (SSSR count). The van der Waals surface area contributed by atoms with Crippen molar-refractivity contribution in [1.82, 2.24) is 20.1 Å². The summed E-state index contributed by atoms with van der Waals surface area (Å²) in [7, 11) is 0. The third-order valence-electron chi connectivity index (χ3n) is 7.46. The molecule has 0 aliphatic carbocycles. The summed E-state index contributed by atoms with van der Waals surface area (Å²) in [4.78, 5) is 36.0. The Morgan fingerprint density at radius 1 is 1.31 bits per heavy atom. The van der Waals surface area contributed by atoms with Crippen LogP contribution in [0.3, 0.4) is 0 Å². The average Bonchev–Trinajstić information content (AvgIpc) is 3.08. The van der Waals surface area contributed by atoms with Crippen LogP contribution in [0.15, 0.2) is 12.3 Å². The average molecular weight is 508 g/mol. The standard InChI is InChI=1S/C26H39F2N5O3/c1-6-7-26(27,28)19-8-21-24(30-9-19)25(4,5)16-33(21)22(34)14-31-11-17(2)29-10-20(31)13-32-12-18(3)36-15-23(32)35/h8-9,17-18,20,29H,6-7,10-16H2,1-5H3/t17-,18+,20-/m1/s1. The Morgan fingerprint density at radius 2 is 2.06 bits per heavy atom. The van der Waals surface area contributed by atoms with Crippen molar-refractivity contribution in [3.8, 4) is 0 Å². The molecule has 1 aromatic heterocycles. The molecule has 0 bridgehead atoms. The first-order valence-corrected chi connectivity index (χ1v) is 13.0. The van der Waals surface area contributed by atoms with Gasteiger partial charge in [-0.1, -0.05) is 27.2 Å². The summed E-state index contributed by atoms with van der Waals surface area (Å²) in [6.07, 6.45) is 1.33. The van der Waals surface area contributed by atoms with Crippen molar-refractivity contribution in [1.29, 1.82) is 0 Å². The Labute approximate surface area is 212 Å². The normalized spacial score (nSPS) is 26.9. The molecule has 3 atom stereocenters. The van der Waals surface area contributed by atoms with E-state index in [4.69, 9.17) is 4.74 Å². The van der Waals surface area contributed by atoms with E-state index in [2.05, 4.69) is 22.1 Å². The number of aromatic nitrogens is 1. The molecule has 36 heavy (non-hydrogen) atoms. The number of piperazine rings is 1. The number of nitrogens with one attached hydrogen (secondary N) is 1. The van der Waals surface area contributed by atoms with Crippen molar-refractivity contribution in [2.24, 2.45) is 0 Å². The lowest BCUT2D eigenvalue weighted by atomic mass is 9.91. The van der Waals surface area contributed by atoms with E-state index in [1.54, 1.807) is 11.8 Å². The van der Waals surface area contributed by atoms with E-state index in [0.717, 1.165) is 0 Å². The van der Waals surface area contributed by atoms with Gasteiger partial charge in [0.05, 0.1) is 24.0 Å². The molecule has 4 heterocycles. The van der Waals surface area contributed by atoms with Crippen LogP contribution in [0.25, 0.3) is 0 Å². The van der Waals surface area contributed by atoms with Gasteiger partial charge in [0.25, 0.3) is 5.92 Å². The van der Waals surface area contributed by atoms with Gasteiger partial charge in [-0.2, -0.15) is 0 Å². The van der Waals surface area contributed by atoms with Crippen LogP contribution in [-0.4, -0.2) is 90.7 Å². The smallest absolute Gasteiger partial charge is 0.274 e. The Morgan fingerprint density at radius 3 is 2.78 bits per heavy atom. The van der Waals surface area contributed by atoms with Crippen LogP contribution < -0.4 is 10.2 Å². The largest absolute Gasteiger partial charge is 0.367 e. The van der Waals surface area contributed by atoms with Gasteiger partial charge in [-0.05, 0) is 19.9 Å². The number of anilines is 1. The zero-order chi connectivity index (χ0) is 26.3. The molecule has 0 saturated carbocycles. The number of pyridine rings is 1. The number of hydrogen-bond donors (Lipinski definition) is 1. The van der Waals surface area contributed by atoms with Crippen LogP contribution in [0.2, 0.25) is 0 Å². The highest BCUT2D eigenvalue weighted by molar-refractivity contribution is 5.97. The molecule has 8 nitrogen and oxygen atoms in total. The maximum absolute atomic E-state index is 14.7. The number of ether oxygens (including phenoxy) is 1. The first-order valence-electron chi connectivity index (χ1n) is 13.0. The number of amides is 2. The minimum Gasteiger partial charge on any atom is -0.367 e. The first-order chi connectivity index (χ1) is 16.9. The summed E-state index contributed by atoms with van der Waals surface area (Å²) in [6, 6.07) is 1.61. The fourth-order valence-electron chi connectivity index (χ4n) is 5.48. The second kappa shape index (κ2) is 10.3.